The Labute approximate surface area is 96.1 Å². The predicted octanol–water partition coefficient (Wildman–Crippen LogP) is 3.82. The average molecular weight is 235 g/mol. The van der Waals surface area contributed by atoms with E-state index in [-0.39, 0.29) is 5.82 Å². The second kappa shape index (κ2) is 3.19. The monoisotopic (exact) mass is 234 g/mol. The van der Waals surface area contributed by atoms with Crippen LogP contribution in [0.2, 0.25) is 5.15 Å². The third kappa shape index (κ3) is 1.28. The Morgan fingerprint density at radius 3 is 2.88 bits per heavy atom. The van der Waals surface area contributed by atoms with Gasteiger partial charge in [0.2, 0.25) is 0 Å². The Kier molecular flexibility index (Phi) is 1.91. The first-order valence-electron chi connectivity index (χ1n) is 4.89. The molecule has 16 heavy (non-hydrogen) atoms. The van der Waals surface area contributed by atoms with Gasteiger partial charge in [0.05, 0.1) is 11.2 Å². The number of rotatable bonds is 0. The molecular formula is C12H8ClFN2. The van der Waals surface area contributed by atoms with Crippen molar-refractivity contribution in [3.63, 3.8) is 0 Å². The molecule has 80 valence electrons. The van der Waals surface area contributed by atoms with Gasteiger partial charge in [0.1, 0.15) is 11.0 Å². The number of halogens is 2. The van der Waals surface area contributed by atoms with Crippen LogP contribution in [0, 0.1) is 12.7 Å². The van der Waals surface area contributed by atoms with Crippen LogP contribution < -0.4 is 0 Å². The Morgan fingerprint density at radius 1 is 1.25 bits per heavy atom. The lowest BCUT2D eigenvalue weighted by molar-refractivity contribution is 0.630. The molecule has 4 heteroatoms. The summed E-state index contributed by atoms with van der Waals surface area (Å²) >= 11 is 5.90. The van der Waals surface area contributed by atoms with Crippen molar-refractivity contribution in [1.29, 1.82) is 0 Å². The number of aryl methyl sites for hydroxylation is 1. The Balaban J connectivity index is 2.57. The van der Waals surface area contributed by atoms with Gasteiger partial charge in [-0.25, -0.2) is 9.37 Å². The van der Waals surface area contributed by atoms with Gasteiger partial charge in [0.25, 0.3) is 0 Å². The van der Waals surface area contributed by atoms with Crippen LogP contribution in [-0.2, 0) is 0 Å². The van der Waals surface area contributed by atoms with Crippen molar-refractivity contribution < 1.29 is 4.39 Å². The Morgan fingerprint density at radius 2 is 2.06 bits per heavy atom. The molecule has 0 aliphatic heterocycles. The Hall–Kier alpha value is -1.61. The van der Waals surface area contributed by atoms with E-state index in [9.17, 15) is 4.39 Å². The van der Waals surface area contributed by atoms with Crippen LogP contribution in [0.25, 0.3) is 21.8 Å². The minimum Gasteiger partial charge on any atom is -0.353 e. The number of nitrogens with one attached hydrogen (secondary N) is 1. The molecule has 0 aliphatic carbocycles. The molecule has 0 unspecified atom stereocenters. The highest BCUT2D eigenvalue weighted by Crippen LogP contribution is 2.29. The van der Waals surface area contributed by atoms with Crippen LogP contribution in [0.1, 0.15) is 5.69 Å². The first-order chi connectivity index (χ1) is 7.65. The average Bonchev–Trinajstić information content (AvgIpc) is 2.57. The maximum Gasteiger partial charge on any atom is 0.130 e. The molecule has 1 N–H and O–H groups in total. The quantitative estimate of drug-likeness (QED) is 0.589. The Bertz CT molecular complexity index is 703. The summed E-state index contributed by atoms with van der Waals surface area (Å²) in [5, 5.41) is 2.17. The molecular weight excluding hydrogens is 227 g/mol. The summed E-state index contributed by atoms with van der Waals surface area (Å²) in [6.07, 6.45) is 0. The molecule has 0 saturated heterocycles. The highest BCUT2D eigenvalue weighted by atomic mass is 35.5. The number of fused-ring (bicyclic) bond motifs is 3. The molecule has 0 spiro atoms. The lowest BCUT2D eigenvalue weighted by atomic mass is 10.1. The number of aromatic amines is 1. The van der Waals surface area contributed by atoms with Crippen LogP contribution in [-0.4, -0.2) is 9.97 Å². The zero-order chi connectivity index (χ0) is 11.3. The number of H-pyrrole nitrogens is 1. The molecule has 2 nitrogen and oxygen atoms in total. The molecule has 3 aromatic rings. The van der Waals surface area contributed by atoms with Gasteiger partial charge in [0, 0.05) is 16.3 Å². The van der Waals surface area contributed by atoms with Gasteiger partial charge in [-0.15, -0.1) is 0 Å². The summed E-state index contributed by atoms with van der Waals surface area (Å²) in [7, 11) is 0. The van der Waals surface area contributed by atoms with Crippen LogP contribution in [0.4, 0.5) is 4.39 Å². The van der Waals surface area contributed by atoms with E-state index in [0.29, 0.717) is 5.15 Å². The van der Waals surface area contributed by atoms with E-state index in [2.05, 4.69) is 9.97 Å². The molecule has 0 fully saturated rings. The van der Waals surface area contributed by atoms with E-state index in [4.69, 9.17) is 11.6 Å². The lowest BCUT2D eigenvalue weighted by Crippen LogP contribution is -1.83. The number of hydrogen-bond acceptors (Lipinski definition) is 1. The van der Waals surface area contributed by atoms with Crippen LogP contribution in [0.15, 0.2) is 24.3 Å². The fraction of sp³-hybridized carbons (Fsp3) is 0.0833. The maximum atomic E-state index is 13.2. The van der Waals surface area contributed by atoms with E-state index in [1.807, 2.05) is 6.92 Å². The van der Waals surface area contributed by atoms with Crippen LogP contribution in [0.3, 0.4) is 0 Å². The van der Waals surface area contributed by atoms with Gasteiger partial charge >= 0.3 is 0 Å². The summed E-state index contributed by atoms with van der Waals surface area (Å²) in [4.78, 5) is 7.37. The van der Waals surface area contributed by atoms with E-state index in [1.165, 1.54) is 12.1 Å². The highest BCUT2D eigenvalue weighted by molar-refractivity contribution is 6.30. The molecule has 0 atom stereocenters. The van der Waals surface area contributed by atoms with Crippen molar-refractivity contribution in [2.24, 2.45) is 0 Å². The highest BCUT2D eigenvalue weighted by Gasteiger charge is 2.09. The van der Waals surface area contributed by atoms with Crippen molar-refractivity contribution in [2.75, 3.05) is 0 Å². The number of benzene rings is 1. The van der Waals surface area contributed by atoms with Crippen molar-refractivity contribution in [2.45, 2.75) is 6.92 Å². The molecule has 0 aliphatic rings. The van der Waals surface area contributed by atoms with Crippen molar-refractivity contribution in [3.8, 4) is 0 Å². The fourth-order valence-corrected chi connectivity index (χ4v) is 2.22. The molecule has 0 radical (unpaired) electrons. The van der Waals surface area contributed by atoms with Crippen molar-refractivity contribution in [1.82, 2.24) is 9.97 Å². The predicted molar refractivity (Wildman–Crippen MR) is 63.3 cm³/mol. The van der Waals surface area contributed by atoms with Gasteiger partial charge in [-0.3, -0.25) is 0 Å². The molecule has 1 aromatic carbocycles. The standard InChI is InChI=1S/C12H8ClFN2/c1-6-12-9(5-11(13)15-6)8-4-7(14)2-3-10(8)16-12/h2-5,16H,1H3. The SMILES string of the molecule is Cc1nc(Cl)cc2c1[nH]c1ccc(F)cc12. The third-order valence-corrected chi connectivity index (χ3v) is 2.89. The molecule has 0 amide bonds. The number of aromatic nitrogens is 2. The summed E-state index contributed by atoms with van der Waals surface area (Å²) in [5.74, 6) is -0.251. The maximum absolute atomic E-state index is 13.2. The van der Waals surface area contributed by atoms with E-state index in [0.717, 1.165) is 27.5 Å². The van der Waals surface area contributed by atoms with Gasteiger partial charge in [-0.2, -0.15) is 0 Å². The van der Waals surface area contributed by atoms with Gasteiger partial charge in [-0.1, -0.05) is 11.6 Å². The zero-order valence-electron chi connectivity index (χ0n) is 8.51. The number of hydrogen-bond donors (Lipinski definition) is 1. The number of pyridine rings is 1. The normalized spacial score (nSPS) is 11.4. The van der Waals surface area contributed by atoms with Crippen LogP contribution in [0.5, 0.6) is 0 Å². The molecule has 2 aromatic heterocycles. The smallest absolute Gasteiger partial charge is 0.130 e. The number of nitrogens with zero attached hydrogens (tertiary/aromatic N) is 1. The molecule has 0 saturated carbocycles. The van der Waals surface area contributed by atoms with E-state index in [1.54, 1.807) is 12.1 Å². The topological polar surface area (TPSA) is 28.7 Å². The fourth-order valence-electron chi connectivity index (χ4n) is 1.99. The molecule has 2 heterocycles. The van der Waals surface area contributed by atoms with Gasteiger partial charge in [0.15, 0.2) is 0 Å². The van der Waals surface area contributed by atoms with Gasteiger partial charge < -0.3 is 4.98 Å². The summed E-state index contributed by atoms with van der Waals surface area (Å²) in [6, 6.07) is 6.41. The lowest BCUT2D eigenvalue weighted by Gasteiger charge is -1.96. The van der Waals surface area contributed by atoms with E-state index >= 15 is 0 Å². The second-order valence-electron chi connectivity index (χ2n) is 3.77. The van der Waals surface area contributed by atoms with E-state index < -0.39 is 0 Å². The summed E-state index contributed by atoms with van der Waals surface area (Å²) in [5.41, 5.74) is 2.62. The minimum atomic E-state index is -0.251. The molecule has 0 bridgehead atoms. The van der Waals surface area contributed by atoms with Crippen LogP contribution >= 0.6 is 11.6 Å². The summed E-state index contributed by atoms with van der Waals surface area (Å²) in [6.45, 7) is 1.87. The second-order valence-corrected chi connectivity index (χ2v) is 4.16. The third-order valence-electron chi connectivity index (χ3n) is 2.70. The largest absolute Gasteiger partial charge is 0.353 e. The van der Waals surface area contributed by atoms with Crippen molar-refractivity contribution >= 4 is 33.4 Å². The first-order valence-corrected chi connectivity index (χ1v) is 5.27. The van der Waals surface area contributed by atoms with Crippen molar-refractivity contribution in [3.05, 3.63) is 40.9 Å². The summed E-state index contributed by atoms with van der Waals surface area (Å²) < 4.78 is 13.2. The minimum absolute atomic E-state index is 0.251. The van der Waals surface area contributed by atoms with Gasteiger partial charge in [-0.05, 0) is 31.2 Å². The first kappa shape index (κ1) is 9.60. The molecule has 3 rings (SSSR count). The zero-order valence-corrected chi connectivity index (χ0v) is 9.27.